The number of piperidine rings is 1. The van der Waals surface area contributed by atoms with Crippen molar-refractivity contribution in [3.05, 3.63) is 57.7 Å². The van der Waals surface area contributed by atoms with Crippen LogP contribution in [0.15, 0.2) is 43.0 Å². The van der Waals surface area contributed by atoms with Gasteiger partial charge in [0.25, 0.3) is 0 Å². The number of carbonyl (C=O) groups excluding carboxylic acids is 1. The van der Waals surface area contributed by atoms with Crippen molar-refractivity contribution in [1.82, 2.24) is 15.6 Å². The first-order valence-electron chi connectivity index (χ1n) is 12.3. The summed E-state index contributed by atoms with van der Waals surface area (Å²) in [6.07, 6.45) is 5.20. The van der Waals surface area contributed by atoms with E-state index in [4.69, 9.17) is 0 Å². The molecule has 1 aromatic carbocycles. The lowest BCUT2D eigenvalue weighted by atomic mass is 9.93. The van der Waals surface area contributed by atoms with Gasteiger partial charge in [-0.3, -0.25) is 4.79 Å². The van der Waals surface area contributed by atoms with Crippen molar-refractivity contribution >= 4 is 71.1 Å². The SMILES string of the molecule is C=C(NC(CCC(=O)c1cc2cc(CCC3CCNCC3)sc2s1)C(=O)O)c1nc2ccccc2s1. The standard InChI is InChI=1S/C27H29N3O3S3/c1-16(25-30-20-4-2-3-5-23(20)35-25)29-21(26(32)33)8-9-22(31)24-15-18-14-19(34-27(18)36-24)7-6-17-10-12-28-13-11-17/h2-5,14-15,17,21,28-29H,1,6-13H2,(H,32,33). The molecule has 0 bridgehead atoms. The molecule has 0 amide bonds. The zero-order chi connectivity index (χ0) is 25.1. The highest BCUT2D eigenvalue weighted by Crippen LogP contribution is 2.35. The molecule has 6 nitrogen and oxygen atoms in total. The van der Waals surface area contributed by atoms with Gasteiger partial charge in [-0.25, -0.2) is 9.78 Å². The number of hydrogen-bond donors (Lipinski definition) is 3. The van der Waals surface area contributed by atoms with Crippen LogP contribution >= 0.6 is 34.0 Å². The lowest BCUT2D eigenvalue weighted by Crippen LogP contribution is -2.35. The molecule has 1 fully saturated rings. The Kier molecular flexibility index (Phi) is 7.81. The number of benzene rings is 1. The molecule has 4 aromatic rings. The van der Waals surface area contributed by atoms with Crippen LogP contribution in [-0.2, 0) is 11.2 Å². The molecule has 0 aliphatic carbocycles. The highest BCUT2D eigenvalue weighted by Gasteiger charge is 2.22. The minimum absolute atomic E-state index is 0.0155. The van der Waals surface area contributed by atoms with Crippen molar-refractivity contribution in [3.63, 3.8) is 0 Å². The van der Waals surface area contributed by atoms with Gasteiger partial charge in [0.2, 0.25) is 0 Å². The number of nitrogens with zero attached hydrogens (tertiary/aromatic N) is 1. The molecule has 36 heavy (non-hydrogen) atoms. The molecular weight excluding hydrogens is 511 g/mol. The Morgan fingerprint density at radius 2 is 1.97 bits per heavy atom. The Bertz CT molecular complexity index is 1330. The molecule has 188 valence electrons. The molecule has 4 heterocycles. The number of fused-ring (bicyclic) bond motifs is 2. The molecule has 0 spiro atoms. The molecule has 0 radical (unpaired) electrons. The maximum Gasteiger partial charge on any atom is 0.326 e. The third-order valence-corrected chi connectivity index (χ3v) is 10.2. The summed E-state index contributed by atoms with van der Waals surface area (Å²) in [5.41, 5.74) is 1.32. The first-order valence-corrected chi connectivity index (χ1v) is 14.7. The average Bonchev–Trinajstić information content (AvgIpc) is 3.58. The smallest absolute Gasteiger partial charge is 0.326 e. The van der Waals surface area contributed by atoms with Gasteiger partial charge >= 0.3 is 5.97 Å². The van der Waals surface area contributed by atoms with Crippen LogP contribution in [0.5, 0.6) is 0 Å². The number of carbonyl (C=O) groups is 2. The fraction of sp³-hybridized carbons (Fsp3) is 0.370. The van der Waals surface area contributed by atoms with Gasteiger partial charge in [-0.15, -0.1) is 34.0 Å². The second-order valence-electron chi connectivity index (χ2n) is 9.26. The summed E-state index contributed by atoms with van der Waals surface area (Å²) < 4.78 is 2.19. The van der Waals surface area contributed by atoms with E-state index in [2.05, 4.69) is 28.3 Å². The van der Waals surface area contributed by atoms with Gasteiger partial charge in [0, 0.05) is 16.7 Å². The molecule has 1 atom stereocenters. The van der Waals surface area contributed by atoms with Crippen molar-refractivity contribution in [2.45, 2.75) is 44.6 Å². The van der Waals surface area contributed by atoms with Crippen molar-refractivity contribution in [2.24, 2.45) is 5.92 Å². The number of hydrogen-bond acceptors (Lipinski definition) is 8. The maximum absolute atomic E-state index is 12.9. The summed E-state index contributed by atoms with van der Waals surface area (Å²) in [5, 5.41) is 17.9. The van der Waals surface area contributed by atoms with Crippen LogP contribution < -0.4 is 10.6 Å². The predicted molar refractivity (Wildman–Crippen MR) is 150 cm³/mol. The van der Waals surface area contributed by atoms with Crippen LogP contribution in [0.4, 0.5) is 0 Å². The van der Waals surface area contributed by atoms with Crippen LogP contribution in [0.1, 0.15) is 51.7 Å². The van der Waals surface area contributed by atoms with Gasteiger partial charge in [0.1, 0.15) is 11.0 Å². The molecule has 3 N–H and O–H groups in total. The van der Waals surface area contributed by atoms with Crippen molar-refractivity contribution in [1.29, 1.82) is 0 Å². The van der Waals surface area contributed by atoms with E-state index in [9.17, 15) is 14.7 Å². The number of thiazole rings is 1. The molecule has 1 aliphatic rings. The minimum atomic E-state index is -1.00. The number of aromatic nitrogens is 1. The van der Waals surface area contributed by atoms with E-state index in [-0.39, 0.29) is 18.6 Å². The normalized spacial score (nSPS) is 15.3. The summed E-state index contributed by atoms with van der Waals surface area (Å²) in [4.78, 5) is 31.4. The number of para-hydroxylation sites is 1. The van der Waals surface area contributed by atoms with E-state index in [1.54, 1.807) is 11.3 Å². The lowest BCUT2D eigenvalue weighted by Gasteiger charge is -2.22. The van der Waals surface area contributed by atoms with Crippen LogP contribution in [0, 0.1) is 5.92 Å². The number of rotatable bonds is 11. The van der Waals surface area contributed by atoms with E-state index in [1.165, 1.54) is 50.8 Å². The van der Waals surface area contributed by atoms with Crippen LogP contribution in [-0.4, -0.2) is 41.0 Å². The van der Waals surface area contributed by atoms with E-state index in [1.807, 2.05) is 30.3 Å². The molecular formula is C27H29N3O3S3. The Hall–Kier alpha value is -2.59. The Labute approximate surface area is 222 Å². The van der Waals surface area contributed by atoms with Crippen molar-refractivity contribution < 1.29 is 14.7 Å². The maximum atomic E-state index is 12.9. The van der Waals surface area contributed by atoms with E-state index in [0.29, 0.717) is 15.6 Å². The summed E-state index contributed by atoms with van der Waals surface area (Å²) in [6, 6.07) is 11.0. The first-order chi connectivity index (χ1) is 17.5. The quantitative estimate of drug-likeness (QED) is 0.197. The van der Waals surface area contributed by atoms with Gasteiger partial charge in [0.15, 0.2) is 5.78 Å². The van der Waals surface area contributed by atoms with Crippen LogP contribution in [0.25, 0.3) is 25.3 Å². The summed E-state index contributed by atoms with van der Waals surface area (Å²) in [6.45, 7) is 6.25. The fourth-order valence-electron chi connectivity index (χ4n) is 4.60. The van der Waals surface area contributed by atoms with Gasteiger partial charge in [0.05, 0.1) is 24.8 Å². The van der Waals surface area contributed by atoms with Gasteiger partial charge in [-0.05, 0) is 75.4 Å². The van der Waals surface area contributed by atoms with Crippen LogP contribution in [0.3, 0.4) is 0 Å². The number of carboxylic acid groups (broad SMARTS) is 1. The predicted octanol–water partition coefficient (Wildman–Crippen LogP) is 6.18. The second kappa shape index (κ2) is 11.2. The number of aryl methyl sites for hydroxylation is 1. The topological polar surface area (TPSA) is 91.3 Å². The number of aliphatic carboxylic acids is 1. The second-order valence-corrected chi connectivity index (χ2v) is 12.7. The van der Waals surface area contributed by atoms with Crippen LogP contribution in [0.2, 0.25) is 0 Å². The van der Waals surface area contributed by atoms with Crippen molar-refractivity contribution in [3.8, 4) is 0 Å². The molecule has 3 aromatic heterocycles. The highest BCUT2D eigenvalue weighted by molar-refractivity contribution is 7.39. The monoisotopic (exact) mass is 539 g/mol. The van der Waals surface area contributed by atoms with E-state index < -0.39 is 12.0 Å². The Morgan fingerprint density at radius 1 is 1.17 bits per heavy atom. The molecule has 9 heteroatoms. The number of nitrogens with one attached hydrogen (secondary N) is 2. The molecule has 5 rings (SSSR count). The first kappa shape index (κ1) is 25.1. The van der Waals surface area contributed by atoms with Gasteiger partial charge < -0.3 is 15.7 Å². The zero-order valence-electron chi connectivity index (χ0n) is 19.9. The lowest BCUT2D eigenvalue weighted by molar-refractivity contribution is -0.139. The Balaban J connectivity index is 1.16. The third-order valence-electron chi connectivity index (χ3n) is 6.66. The minimum Gasteiger partial charge on any atom is -0.480 e. The molecule has 0 saturated carbocycles. The zero-order valence-corrected chi connectivity index (χ0v) is 22.4. The van der Waals surface area contributed by atoms with E-state index in [0.717, 1.165) is 41.0 Å². The fourth-order valence-corrected chi connectivity index (χ4v) is 7.97. The number of ketones is 1. The summed E-state index contributed by atoms with van der Waals surface area (Å²) in [7, 11) is 0. The molecule has 1 saturated heterocycles. The Morgan fingerprint density at radius 3 is 2.72 bits per heavy atom. The van der Waals surface area contributed by atoms with Gasteiger partial charge in [-0.1, -0.05) is 18.7 Å². The highest BCUT2D eigenvalue weighted by atomic mass is 32.2. The molecule has 1 aliphatic heterocycles. The molecule has 1 unspecified atom stereocenters. The van der Waals surface area contributed by atoms with Crippen molar-refractivity contribution in [2.75, 3.05) is 13.1 Å². The number of thiophene rings is 2. The largest absolute Gasteiger partial charge is 0.480 e. The number of carboxylic acids is 1. The average molecular weight is 540 g/mol. The van der Waals surface area contributed by atoms with Gasteiger partial charge in [-0.2, -0.15) is 0 Å². The number of Topliss-reactive ketones (excluding diaryl/α,β-unsaturated/α-hetero) is 1. The summed E-state index contributed by atoms with van der Waals surface area (Å²) in [5.74, 6) is -0.209. The third kappa shape index (κ3) is 5.86. The van der Waals surface area contributed by atoms with E-state index >= 15 is 0 Å². The summed E-state index contributed by atoms with van der Waals surface area (Å²) >= 11 is 4.78.